The summed E-state index contributed by atoms with van der Waals surface area (Å²) in [6.45, 7) is 13.4. The van der Waals surface area contributed by atoms with E-state index in [0.29, 0.717) is 0 Å². The second-order valence-electron chi connectivity index (χ2n) is 6.36. The molecule has 1 aliphatic rings. The lowest BCUT2D eigenvalue weighted by Crippen LogP contribution is -2.59. The molecule has 1 fully saturated rings. The minimum Gasteiger partial charge on any atom is -0.447 e. The van der Waals surface area contributed by atoms with Crippen molar-refractivity contribution in [3.05, 3.63) is 0 Å². The van der Waals surface area contributed by atoms with Crippen LogP contribution in [0.25, 0.3) is 0 Å². The van der Waals surface area contributed by atoms with Gasteiger partial charge in [-0.2, -0.15) is 0 Å². The highest BCUT2D eigenvalue weighted by molar-refractivity contribution is 5.68. The van der Waals surface area contributed by atoms with E-state index in [2.05, 4.69) is 25.7 Å². The highest BCUT2D eigenvalue weighted by Gasteiger charge is 2.33. The van der Waals surface area contributed by atoms with Gasteiger partial charge in [-0.1, -0.05) is 26.2 Å². The van der Waals surface area contributed by atoms with Gasteiger partial charge in [-0.15, -0.1) is 0 Å². The fraction of sp³-hybridized carbons (Fsp3) is 0.938. The molecule has 20 heavy (non-hydrogen) atoms. The molecule has 0 aliphatic carbocycles. The number of ether oxygens (including phenoxy) is 1. The Balaban J connectivity index is 2.43. The maximum absolute atomic E-state index is 12.1. The predicted octanol–water partition coefficient (Wildman–Crippen LogP) is 3.51. The van der Waals surface area contributed by atoms with Crippen LogP contribution in [-0.4, -0.2) is 53.7 Å². The van der Waals surface area contributed by atoms with E-state index >= 15 is 0 Å². The Morgan fingerprint density at radius 3 is 2.25 bits per heavy atom. The van der Waals surface area contributed by atoms with Gasteiger partial charge in [0.1, 0.15) is 0 Å². The van der Waals surface area contributed by atoms with Crippen LogP contribution in [0.4, 0.5) is 4.79 Å². The molecule has 4 heteroatoms. The van der Waals surface area contributed by atoms with Crippen LogP contribution in [0.5, 0.6) is 0 Å². The Morgan fingerprint density at radius 1 is 1.15 bits per heavy atom. The Labute approximate surface area is 124 Å². The van der Waals surface area contributed by atoms with Crippen molar-refractivity contribution < 1.29 is 9.53 Å². The van der Waals surface area contributed by atoms with Gasteiger partial charge in [0, 0.05) is 25.2 Å². The van der Waals surface area contributed by atoms with Crippen molar-refractivity contribution in [3.8, 4) is 0 Å². The lowest BCUT2D eigenvalue weighted by Gasteiger charge is -2.44. The van der Waals surface area contributed by atoms with Gasteiger partial charge >= 0.3 is 6.09 Å². The SMILES string of the molecule is CCCCCCN1CC(C)N(C(=O)OC(C)C)C(C)C1. The highest BCUT2D eigenvalue weighted by atomic mass is 16.6. The lowest BCUT2D eigenvalue weighted by molar-refractivity contribution is 0.0123. The van der Waals surface area contributed by atoms with E-state index in [1.807, 2.05) is 18.7 Å². The topological polar surface area (TPSA) is 32.8 Å². The molecule has 1 heterocycles. The number of carbonyl (C=O) groups is 1. The van der Waals surface area contributed by atoms with Gasteiger partial charge in [0.05, 0.1) is 6.10 Å². The molecule has 1 rings (SSSR count). The molecule has 1 amide bonds. The third-order valence-corrected chi connectivity index (χ3v) is 3.87. The Morgan fingerprint density at radius 2 is 1.75 bits per heavy atom. The largest absolute Gasteiger partial charge is 0.447 e. The average molecular weight is 284 g/mol. The summed E-state index contributed by atoms with van der Waals surface area (Å²) in [7, 11) is 0. The number of hydrogen-bond acceptors (Lipinski definition) is 3. The summed E-state index contributed by atoms with van der Waals surface area (Å²) in [5.41, 5.74) is 0. The summed E-state index contributed by atoms with van der Waals surface area (Å²) in [6.07, 6.45) is 4.98. The fourth-order valence-corrected chi connectivity index (χ4v) is 3.00. The van der Waals surface area contributed by atoms with Crippen LogP contribution < -0.4 is 0 Å². The summed E-state index contributed by atoms with van der Waals surface area (Å²) in [5.74, 6) is 0. The lowest BCUT2D eigenvalue weighted by atomic mass is 10.1. The number of nitrogens with zero attached hydrogens (tertiary/aromatic N) is 2. The summed E-state index contributed by atoms with van der Waals surface area (Å²) >= 11 is 0. The number of unbranched alkanes of at least 4 members (excludes halogenated alkanes) is 3. The molecule has 0 N–H and O–H groups in total. The van der Waals surface area contributed by atoms with Crippen LogP contribution in [0.3, 0.4) is 0 Å². The first-order chi connectivity index (χ1) is 9.45. The van der Waals surface area contributed by atoms with Crippen molar-refractivity contribution >= 4 is 6.09 Å². The Hall–Kier alpha value is -0.770. The van der Waals surface area contributed by atoms with Gasteiger partial charge in [0.25, 0.3) is 0 Å². The standard InChI is InChI=1S/C16H32N2O2/c1-6-7-8-9-10-17-11-14(4)18(15(5)12-17)16(19)20-13(2)3/h13-15H,6-12H2,1-5H3. The third kappa shape index (κ3) is 5.31. The molecule has 2 atom stereocenters. The molecule has 1 saturated heterocycles. The second kappa shape index (κ2) is 8.50. The molecule has 0 saturated carbocycles. The molecular formula is C16H32N2O2. The zero-order valence-electron chi connectivity index (χ0n) is 13.9. The van der Waals surface area contributed by atoms with Gasteiger partial charge in [-0.05, 0) is 40.7 Å². The molecule has 2 unspecified atom stereocenters. The molecule has 0 radical (unpaired) electrons. The predicted molar refractivity (Wildman–Crippen MR) is 83.0 cm³/mol. The number of piperazine rings is 1. The average Bonchev–Trinajstić information content (AvgIpc) is 2.33. The van der Waals surface area contributed by atoms with Crippen LogP contribution in [0, 0.1) is 0 Å². The molecule has 118 valence electrons. The zero-order chi connectivity index (χ0) is 15.1. The second-order valence-corrected chi connectivity index (χ2v) is 6.36. The summed E-state index contributed by atoms with van der Waals surface area (Å²) in [6, 6.07) is 0.465. The molecule has 1 aliphatic heterocycles. The van der Waals surface area contributed by atoms with Crippen molar-refractivity contribution in [2.75, 3.05) is 19.6 Å². The molecule has 0 bridgehead atoms. The summed E-state index contributed by atoms with van der Waals surface area (Å²) in [4.78, 5) is 16.5. The van der Waals surface area contributed by atoms with E-state index in [1.165, 1.54) is 25.7 Å². The van der Waals surface area contributed by atoms with Crippen LogP contribution in [0.15, 0.2) is 0 Å². The fourth-order valence-electron chi connectivity index (χ4n) is 3.00. The molecule has 0 aromatic rings. The van der Waals surface area contributed by atoms with Crippen molar-refractivity contribution in [3.63, 3.8) is 0 Å². The van der Waals surface area contributed by atoms with Gasteiger partial charge in [-0.3, -0.25) is 4.90 Å². The molecule has 0 spiro atoms. The Kier molecular flexibility index (Phi) is 7.35. The maximum Gasteiger partial charge on any atom is 0.410 e. The van der Waals surface area contributed by atoms with E-state index < -0.39 is 0 Å². The number of carbonyl (C=O) groups excluding carboxylic acids is 1. The quantitative estimate of drug-likeness (QED) is 0.700. The Bertz CT molecular complexity index is 282. The van der Waals surface area contributed by atoms with Crippen LogP contribution in [0.1, 0.15) is 60.3 Å². The van der Waals surface area contributed by atoms with E-state index in [1.54, 1.807) is 0 Å². The van der Waals surface area contributed by atoms with Crippen molar-refractivity contribution in [1.29, 1.82) is 0 Å². The van der Waals surface area contributed by atoms with Crippen LogP contribution >= 0.6 is 0 Å². The monoisotopic (exact) mass is 284 g/mol. The minimum absolute atomic E-state index is 0.0472. The first-order valence-electron chi connectivity index (χ1n) is 8.17. The normalized spacial score (nSPS) is 24.2. The van der Waals surface area contributed by atoms with E-state index in [-0.39, 0.29) is 24.3 Å². The molecule has 4 nitrogen and oxygen atoms in total. The van der Waals surface area contributed by atoms with Gasteiger partial charge < -0.3 is 9.64 Å². The van der Waals surface area contributed by atoms with Crippen molar-refractivity contribution in [2.24, 2.45) is 0 Å². The van der Waals surface area contributed by atoms with E-state index in [4.69, 9.17) is 4.74 Å². The van der Waals surface area contributed by atoms with E-state index in [0.717, 1.165) is 19.6 Å². The van der Waals surface area contributed by atoms with E-state index in [9.17, 15) is 4.79 Å². The number of hydrogen-bond donors (Lipinski definition) is 0. The minimum atomic E-state index is -0.161. The van der Waals surface area contributed by atoms with Gasteiger partial charge in [-0.25, -0.2) is 4.79 Å². The molecule has 0 aromatic carbocycles. The van der Waals surface area contributed by atoms with Gasteiger partial charge in [0.2, 0.25) is 0 Å². The van der Waals surface area contributed by atoms with Crippen LogP contribution in [-0.2, 0) is 4.74 Å². The molecular weight excluding hydrogens is 252 g/mol. The third-order valence-electron chi connectivity index (χ3n) is 3.87. The zero-order valence-corrected chi connectivity index (χ0v) is 13.9. The van der Waals surface area contributed by atoms with Gasteiger partial charge in [0.15, 0.2) is 0 Å². The number of rotatable bonds is 6. The van der Waals surface area contributed by atoms with Crippen molar-refractivity contribution in [1.82, 2.24) is 9.80 Å². The number of amides is 1. The summed E-state index contributed by atoms with van der Waals surface area (Å²) in [5, 5.41) is 0. The smallest absolute Gasteiger partial charge is 0.410 e. The highest BCUT2D eigenvalue weighted by Crippen LogP contribution is 2.18. The molecule has 0 aromatic heterocycles. The first kappa shape index (κ1) is 17.3. The van der Waals surface area contributed by atoms with Crippen molar-refractivity contribution in [2.45, 2.75) is 78.5 Å². The first-order valence-corrected chi connectivity index (χ1v) is 8.17. The van der Waals surface area contributed by atoms with Crippen LogP contribution in [0.2, 0.25) is 0 Å². The summed E-state index contributed by atoms with van der Waals surface area (Å²) < 4.78 is 5.35. The maximum atomic E-state index is 12.1.